The highest BCUT2D eigenvalue weighted by Gasteiger charge is 2.13. The van der Waals surface area contributed by atoms with Crippen LogP contribution in [0.25, 0.3) is 0 Å². The number of hydrogen-bond donors (Lipinski definition) is 0. The molecule has 2 aromatic carbocycles. The fraction of sp³-hybridized carbons (Fsp3) is 0.455. The Morgan fingerprint density at radius 1 is 0.917 bits per heavy atom. The molecular formula is C22H31NO. The minimum atomic E-state index is 0.454. The summed E-state index contributed by atoms with van der Waals surface area (Å²) in [6.07, 6.45) is 0. The van der Waals surface area contributed by atoms with E-state index in [0.29, 0.717) is 11.8 Å². The van der Waals surface area contributed by atoms with Crippen molar-refractivity contribution in [2.24, 2.45) is 5.92 Å². The Kier molecular flexibility index (Phi) is 6.30. The first kappa shape index (κ1) is 18.4. The molecule has 0 aromatic heterocycles. The molecule has 2 aromatic rings. The first-order chi connectivity index (χ1) is 11.4. The summed E-state index contributed by atoms with van der Waals surface area (Å²) in [7, 11) is 0. The van der Waals surface area contributed by atoms with Gasteiger partial charge in [0.2, 0.25) is 0 Å². The second-order valence-electron chi connectivity index (χ2n) is 7.16. The van der Waals surface area contributed by atoms with E-state index < -0.39 is 0 Å². The van der Waals surface area contributed by atoms with Crippen LogP contribution in [0.1, 0.15) is 51.7 Å². The molecule has 0 amide bonds. The van der Waals surface area contributed by atoms with Crippen LogP contribution in [-0.2, 0) is 0 Å². The highest BCUT2D eigenvalue weighted by molar-refractivity contribution is 5.66. The maximum atomic E-state index is 6.12. The van der Waals surface area contributed by atoms with Gasteiger partial charge in [0.1, 0.15) is 5.75 Å². The molecule has 0 spiro atoms. The quantitative estimate of drug-likeness (QED) is 0.591. The summed E-state index contributed by atoms with van der Waals surface area (Å²) in [5, 5.41) is 0. The fourth-order valence-electron chi connectivity index (χ4n) is 2.79. The zero-order valence-electron chi connectivity index (χ0n) is 16.0. The molecule has 0 fully saturated rings. The summed E-state index contributed by atoms with van der Waals surface area (Å²) in [4.78, 5) is 2.33. The van der Waals surface area contributed by atoms with Gasteiger partial charge >= 0.3 is 0 Å². The monoisotopic (exact) mass is 325 g/mol. The van der Waals surface area contributed by atoms with E-state index in [4.69, 9.17) is 4.74 Å². The molecule has 0 aliphatic rings. The third-order valence-electron chi connectivity index (χ3n) is 4.16. The molecule has 0 radical (unpaired) electrons. The van der Waals surface area contributed by atoms with Crippen molar-refractivity contribution < 1.29 is 4.74 Å². The van der Waals surface area contributed by atoms with Crippen LogP contribution in [0.5, 0.6) is 5.75 Å². The highest BCUT2D eigenvalue weighted by Crippen LogP contribution is 2.34. The van der Waals surface area contributed by atoms with Crippen molar-refractivity contribution in [2.75, 3.05) is 18.1 Å². The minimum absolute atomic E-state index is 0.454. The molecule has 2 nitrogen and oxygen atoms in total. The standard InChI is InChI=1S/C22H31NO/c1-7-23(19-10-8-18(6)9-11-19)20-12-13-21(17(4)5)22(14-20)24-15-16(2)3/h8-14,16-17H,7,15H2,1-6H3. The molecule has 130 valence electrons. The molecule has 0 saturated carbocycles. The minimum Gasteiger partial charge on any atom is -0.493 e. The SMILES string of the molecule is CCN(c1ccc(C)cc1)c1ccc(C(C)C)c(OCC(C)C)c1. The summed E-state index contributed by atoms with van der Waals surface area (Å²) < 4.78 is 6.12. The van der Waals surface area contributed by atoms with Gasteiger partial charge in [0, 0.05) is 24.0 Å². The predicted molar refractivity (Wildman–Crippen MR) is 105 cm³/mol. The van der Waals surface area contributed by atoms with Crippen LogP contribution in [-0.4, -0.2) is 13.2 Å². The van der Waals surface area contributed by atoms with Crippen molar-refractivity contribution in [2.45, 2.75) is 47.5 Å². The lowest BCUT2D eigenvalue weighted by Crippen LogP contribution is -2.16. The third-order valence-corrected chi connectivity index (χ3v) is 4.16. The Balaban J connectivity index is 2.37. The molecule has 0 bridgehead atoms. The van der Waals surface area contributed by atoms with Crippen molar-refractivity contribution in [1.82, 2.24) is 0 Å². The van der Waals surface area contributed by atoms with Gasteiger partial charge in [0.05, 0.1) is 6.61 Å². The first-order valence-corrected chi connectivity index (χ1v) is 9.03. The second kappa shape index (κ2) is 8.23. The Hall–Kier alpha value is -1.96. The molecule has 0 aliphatic heterocycles. The second-order valence-corrected chi connectivity index (χ2v) is 7.16. The summed E-state index contributed by atoms with van der Waals surface area (Å²) in [6, 6.07) is 15.3. The lowest BCUT2D eigenvalue weighted by molar-refractivity contribution is 0.268. The maximum absolute atomic E-state index is 6.12. The van der Waals surface area contributed by atoms with E-state index in [-0.39, 0.29) is 0 Å². The van der Waals surface area contributed by atoms with Crippen LogP contribution >= 0.6 is 0 Å². The predicted octanol–water partition coefficient (Wildman–Crippen LogP) is 6.31. The molecule has 0 N–H and O–H groups in total. The van der Waals surface area contributed by atoms with E-state index in [9.17, 15) is 0 Å². The van der Waals surface area contributed by atoms with E-state index in [1.807, 2.05) is 0 Å². The zero-order chi connectivity index (χ0) is 17.7. The van der Waals surface area contributed by atoms with Gasteiger partial charge < -0.3 is 9.64 Å². The number of hydrogen-bond acceptors (Lipinski definition) is 2. The summed E-state index contributed by atoms with van der Waals surface area (Å²) in [5.74, 6) is 1.99. The van der Waals surface area contributed by atoms with Crippen LogP contribution in [0.4, 0.5) is 11.4 Å². The number of rotatable bonds is 7. The van der Waals surface area contributed by atoms with Gasteiger partial charge in [0.25, 0.3) is 0 Å². The highest BCUT2D eigenvalue weighted by atomic mass is 16.5. The maximum Gasteiger partial charge on any atom is 0.124 e. The lowest BCUT2D eigenvalue weighted by Gasteiger charge is -2.25. The first-order valence-electron chi connectivity index (χ1n) is 9.03. The molecule has 24 heavy (non-hydrogen) atoms. The van der Waals surface area contributed by atoms with E-state index in [0.717, 1.165) is 18.9 Å². The Morgan fingerprint density at radius 3 is 2.08 bits per heavy atom. The summed E-state index contributed by atoms with van der Waals surface area (Å²) in [6.45, 7) is 14.8. The van der Waals surface area contributed by atoms with Crippen LogP contribution in [0, 0.1) is 12.8 Å². The number of nitrogens with zero attached hydrogens (tertiary/aromatic N) is 1. The van der Waals surface area contributed by atoms with E-state index in [1.165, 1.54) is 22.5 Å². The Bertz CT molecular complexity index is 644. The molecule has 0 heterocycles. The number of benzene rings is 2. The third kappa shape index (κ3) is 4.53. The molecule has 0 unspecified atom stereocenters. The number of aryl methyl sites for hydroxylation is 1. The average Bonchev–Trinajstić information content (AvgIpc) is 2.55. The molecular weight excluding hydrogens is 294 g/mol. The van der Waals surface area contributed by atoms with Crippen molar-refractivity contribution >= 4 is 11.4 Å². The van der Waals surface area contributed by atoms with Crippen LogP contribution in [0.3, 0.4) is 0 Å². The van der Waals surface area contributed by atoms with Gasteiger partial charge in [0.15, 0.2) is 0 Å². The molecule has 0 atom stereocenters. The molecule has 0 saturated heterocycles. The van der Waals surface area contributed by atoms with Crippen LogP contribution in [0.15, 0.2) is 42.5 Å². The van der Waals surface area contributed by atoms with Gasteiger partial charge in [-0.15, -0.1) is 0 Å². The van der Waals surface area contributed by atoms with Crippen molar-refractivity contribution in [3.8, 4) is 5.75 Å². The van der Waals surface area contributed by atoms with Crippen LogP contribution in [0.2, 0.25) is 0 Å². The van der Waals surface area contributed by atoms with Crippen LogP contribution < -0.4 is 9.64 Å². The molecule has 0 aliphatic carbocycles. The van der Waals surface area contributed by atoms with E-state index in [2.05, 4.69) is 88.9 Å². The number of ether oxygens (including phenoxy) is 1. The van der Waals surface area contributed by atoms with Crippen molar-refractivity contribution in [3.63, 3.8) is 0 Å². The van der Waals surface area contributed by atoms with E-state index in [1.54, 1.807) is 0 Å². The topological polar surface area (TPSA) is 12.5 Å². The molecule has 2 rings (SSSR count). The van der Waals surface area contributed by atoms with Gasteiger partial charge in [-0.2, -0.15) is 0 Å². The summed E-state index contributed by atoms with van der Waals surface area (Å²) >= 11 is 0. The Morgan fingerprint density at radius 2 is 1.54 bits per heavy atom. The largest absolute Gasteiger partial charge is 0.493 e. The van der Waals surface area contributed by atoms with Crippen molar-refractivity contribution in [1.29, 1.82) is 0 Å². The fourth-order valence-corrected chi connectivity index (χ4v) is 2.79. The smallest absolute Gasteiger partial charge is 0.124 e. The summed E-state index contributed by atoms with van der Waals surface area (Å²) in [5.41, 5.74) is 4.96. The Labute approximate surface area is 147 Å². The number of anilines is 2. The van der Waals surface area contributed by atoms with Gasteiger partial charge in [-0.05, 0) is 49.4 Å². The van der Waals surface area contributed by atoms with Gasteiger partial charge in [-0.1, -0.05) is 51.5 Å². The normalized spacial score (nSPS) is 11.2. The molecule has 2 heteroatoms. The average molecular weight is 325 g/mol. The van der Waals surface area contributed by atoms with E-state index >= 15 is 0 Å². The zero-order valence-corrected chi connectivity index (χ0v) is 16.0. The van der Waals surface area contributed by atoms with Gasteiger partial charge in [-0.25, -0.2) is 0 Å². The van der Waals surface area contributed by atoms with Gasteiger partial charge in [-0.3, -0.25) is 0 Å². The van der Waals surface area contributed by atoms with Crippen molar-refractivity contribution in [3.05, 3.63) is 53.6 Å². The lowest BCUT2D eigenvalue weighted by atomic mass is 10.0.